The van der Waals surface area contributed by atoms with Crippen molar-refractivity contribution < 1.29 is 4.74 Å². The molecule has 0 aliphatic carbocycles. The van der Waals surface area contributed by atoms with Crippen molar-refractivity contribution in [3.8, 4) is 18.1 Å². The predicted octanol–water partition coefficient (Wildman–Crippen LogP) is 5.29. The quantitative estimate of drug-likeness (QED) is 0.639. The van der Waals surface area contributed by atoms with Crippen molar-refractivity contribution in [1.29, 1.82) is 0 Å². The lowest BCUT2D eigenvalue weighted by molar-refractivity contribution is 0.333. The monoisotopic (exact) mass is 272 g/mol. The van der Waals surface area contributed by atoms with Gasteiger partial charge in [-0.3, -0.25) is 0 Å². The van der Waals surface area contributed by atoms with Crippen LogP contribution in [0.1, 0.15) is 70.9 Å². The summed E-state index contributed by atoms with van der Waals surface area (Å²) in [5, 5.41) is 0. The highest BCUT2D eigenvalue weighted by Gasteiger charge is 2.20. The third kappa shape index (κ3) is 4.30. The Morgan fingerprint density at radius 2 is 1.95 bits per heavy atom. The Labute approximate surface area is 124 Å². The van der Waals surface area contributed by atoms with Crippen LogP contribution < -0.4 is 4.74 Å². The molecule has 0 heterocycles. The zero-order valence-corrected chi connectivity index (χ0v) is 13.6. The lowest BCUT2D eigenvalue weighted by atomic mass is 9.82. The van der Waals surface area contributed by atoms with E-state index in [0.29, 0.717) is 12.5 Å². The van der Waals surface area contributed by atoms with E-state index >= 15 is 0 Å². The van der Waals surface area contributed by atoms with E-state index in [9.17, 15) is 0 Å². The average Bonchev–Trinajstić information content (AvgIpc) is 2.38. The molecule has 1 rings (SSSR count). The molecule has 20 heavy (non-hydrogen) atoms. The first-order chi connectivity index (χ1) is 9.43. The van der Waals surface area contributed by atoms with Gasteiger partial charge in [-0.25, -0.2) is 0 Å². The first-order valence-electron chi connectivity index (χ1n) is 7.64. The van der Waals surface area contributed by atoms with E-state index in [1.807, 2.05) is 6.92 Å². The number of hydrogen-bond donors (Lipinski definition) is 0. The van der Waals surface area contributed by atoms with Gasteiger partial charge in [0.05, 0.1) is 6.61 Å². The number of ether oxygens (including phenoxy) is 1. The van der Waals surface area contributed by atoms with Crippen LogP contribution in [0.15, 0.2) is 18.2 Å². The van der Waals surface area contributed by atoms with Crippen LogP contribution >= 0.6 is 0 Å². The fourth-order valence-corrected chi connectivity index (χ4v) is 2.48. The summed E-state index contributed by atoms with van der Waals surface area (Å²) in [6.07, 6.45) is 8.58. The van der Waals surface area contributed by atoms with Gasteiger partial charge in [0.1, 0.15) is 5.75 Å². The summed E-state index contributed by atoms with van der Waals surface area (Å²) in [4.78, 5) is 0. The zero-order chi connectivity index (χ0) is 15.2. The summed E-state index contributed by atoms with van der Waals surface area (Å²) < 4.78 is 5.81. The van der Waals surface area contributed by atoms with Crippen molar-refractivity contribution in [2.45, 2.75) is 65.2 Å². The highest BCUT2D eigenvalue weighted by atomic mass is 16.5. The minimum absolute atomic E-state index is 0.145. The average molecular weight is 272 g/mol. The topological polar surface area (TPSA) is 9.23 Å². The Balaban J connectivity index is 3.26. The second-order valence-electron chi connectivity index (χ2n) is 6.33. The molecule has 0 aromatic heterocycles. The van der Waals surface area contributed by atoms with Gasteiger partial charge in [0.15, 0.2) is 0 Å². The van der Waals surface area contributed by atoms with Crippen LogP contribution in [0.4, 0.5) is 0 Å². The normalized spacial score (nSPS) is 12.8. The summed E-state index contributed by atoms with van der Waals surface area (Å²) in [7, 11) is 0. The lowest BCUT2D eigenvalue weighted by Gasteiger charge is -2.24. The zero-order valence-electron chi connectivity index (χ0n) is 13.6. The highest BCUT2D eigenvalue weighted by molar-refractivity contribution is 5.42. The summed E-state index contributed by atoms with van der Waals surface area (Å²) >= 11 is 0. The van der Waals surface area contributed by atoms with Gasteiger partial charge in [0.25, 0.3) is 0 Å². The molecule has 0 aliphatic rings. The highest BCUT2D eigenvalue weighted by Crippen LogP contribution is 2.36. The summed E-state index contributed by atoms with van der Waals surface area (Å²) in [6.45, 7) is 11.6. The molecular formula is C19H28O. The fourth-order valence-electron chi connectivity index (χ4n) is 2.48. The maximum atomic E-state index is 5.81. The standard InChI is InChI=1S/C19H28O/c1-7-10-15(11-8-2)17-14-16(19(4,5)6)12-13-18(17)20-9-3/h1,12-15H,8-11H2,2-6H3. The minimum Gasteiger partial charge on any atom is -0.494 e. The van der Waals surface area contributed by atoms with Crippen LogP contribution in [0.5, 0.6) is 5.75 Å². The predicted molar refractivity (Wildman–Crippen MR) is 87.4 cm³/mol. The largest absolute Gasteiger partial charge is 0.494 e. The maximum absolute atomic E-state index is 5.81. The van der Waals surface area contributed by atoms with Crippen molar-refractivity contribution in [3.05, 3.63) is 29.3 Å². The summed E-state index contributed by atoms with van der Waals surface area (Å²) in [6, 6.07) is 6.58. The SMILES string of the molecule is C#CCC(CCC)c1cc(C(C)(C)C)ccc1OCC. The van der Waals surface area contributed by atoms with Gasteiger partial charge in [-0.15, -0.1) is 12.3 Å². The van der Waals surface area contributed by atoms with Crippen LogP contribution in [0.3, 0.4) is 0 Å². The van der Waals surface area contributed by atoms with Crippen LogP contribution in [0, 0.1) is 12.3 Å². The second kappa shape index (κ2) is 7.39. The Hall–Kier alpha value is -1.42. The Morgan fingerprint density at radius 1 is 1.25 bits per heavy atom. The van der Waals surface area contributed by atoms with Crippen molar-refractivity contribution >= 4 is 0 Å². The number of hydrogen-bond acceptors (Lipinski definition) is 1. The second-order valence-corrected chi connectivity index (χ2v) is 6.33. The third-order valence-electron chi connectivity index (χ3n) is 3.62. The number of terminal acetylenes is 1. The number of benzene rings is 1. The maximum Gasteiger partial charge on any atom is 0.122 e. The molecule has 0 radical (unpaired) electrons. The van der Waals surface area contributed by atoms with E-state index in [2.05, 4.69) is 51.8 Å². The van der Waals surface area contributed by atoms with E-state index in [1.54, 1.807) is 0 Å². The van der Waals surface area contributed by atoms with Crippen molar-refractivity contribution in [3.63, 3.8) is 0 Å². The van der Waals surface area contributed by atoms with Gasteiger partial charge in [-0.1, -0.05) is 46.2 Å². The Bertz CT molecular complexity index is 460. The molecule has 0 saturated carbocycles. The summed E-state index contributed by atoms with van der Waals surface area (Å²) in [5.41, 5.74) is 2.76. The van der Waals surface area contributed by atoms with Gasteiger partial charge >= 0.3 is 0 Å². The van der Waals surface area contributed by atoms with E-state index in [-0.39, 0.29) is 5.41 Å². The fraction of sp³-hybridized carbons (Fsp3) is 0.579. The van der Waals surface area contributed by atoms with Crippen LogP contribution in [0.25, 0.3) is 0 Å². The molecule has 1 aromatic carbocycles. The third-order valence-corrected chi connectivity index (χ3v) is 3.62. The number of rotatable bonds is 6. The van der Waals surface area contributed by atoms with Crippen LogP contribution in [-0.2, 0) is 5.41 Å². The van der Waals surface area contributed by atoms with Gasteiger partial charge < -0.3 is 4.74 Å². The molecule has 110 valence electrons. The van der Waals surface area contributed by atoms with E-state index in [1.165, 1.54) is 11.1 Å². The molecule has 1 heteroatoms. The van der Waals surface area contributed by atoms with Crippen LogP contribution in [-0.4, -0.2) is 6.61 Å². The molecule has 0 amide bonds. The van der Waals surface area contributed by atoms with Crippen molar-refractivity contribution in [1.82, 2.24) is 0 Å². The molecule has 0 N–H and O–H groups in total. The molecule has 1 aromatic rings. The van der Waals surface area contributed by atoms with Gasteiger partial charge in [0, 0.05) is 6.42 Å². The molecule has 0 fully saturated rings. The molecule has 0 aliphatic heterocycles. The molecule has 0 spiro atoms. The van der Waals surface area contributed by atoms with Crippen LogP contribution in [0.2, 0.25) is 0 Å². The Morgan fingerprint density at radius 3 is 2.45 bits per heavy atom. The van der Waals surface area contributed by atoms with Gasteiger partial charge in [-0.05, 0) is 41.9 Å². The van der Waals surface area contributed by atoms with E-state index < -0.39 is 0 Å². The first kappa shape index (κ1) is 16.6. The van der Waals surface area contributed by atoms with Crippen molar-refractivity contribution in [2.75, 3.05) is 6.61 Å². The molecular weight excluding hydrogens is 244 g/mol. The minimum atomic E-state index is 0.145. The first-order valence-corrected chi connectivity index (χ1v) is 7.64. The van der Waals surface area contributed by atoms with Crippen molar-refractivity contribution in [2.24, 2.45) is 0 Å². The Kier molecular flexibility index (Phi) is 6.14. The molecule has 0 bridgehead atoms. The molecule has 1 nitrogen and oxygen atoms in total. The van der Waals surface area contributed by atoms with E-state index in [4.69, 9.17) is 11.2 Å². The lowest BCUT2D eigenvalue weighted by Crippen LogP contribution is -2.13. The molecule has 1 unspecified atom stereocenters. The smallest absolute Gasteiger partial charge is 0.122 e. The van der Waals surface area contributed by atoms with Gasteiger partial charge in [0.2, 0.25) is 0 Å². The van der Waals surface area contributed by atoms with Gasteiger partial charge in [-0.2, -0.15) is 0 Å². The summed E-state index contributed by atoms with van der Waals surface area (Å²) in [5.74, 6) is 4.21. The molecule has 0 saturated heterocycles. The molecule has 1 atom stereocenters. The van der Waals surface area contributed by atoms with E-state index in [0.717, 1.165) is 25.0 Å².